The Labute approximate surface area is 231 Å². The summed E-state index contributed by atoms with van der Waals surface area (Å²) in [6, 6.07) is 6.03. The van der Waals surface area contributed by atoms with Crippen LogP contribution >= 0.6 is 147 Å². The second-order valence-electron chi connectivity index (χ2n) is 5.26. The molecule has 2 rings (SSSR count). The van der Waals surface area contributed by atoms with Crippen molar-refractivity contribution in [2.45, 2.75) is 28.1 Å². The maximum absolute atomic E-state index is 6.06. The predicted octanol–water partition coefficient (Wildman–Crippen LogP) is 9.44. The minimum atomic E-state index is -5.67. The van der Waals surface area contributed by atoms with Crippen molar-refractivity contribution in [3.05, 3.63) is 24.3 Å². The van der Waals surface area contributed by atoms with Gasteiger partial charge in [0.15, 0.2) is 0 Å². The van der Waals surface area contributed by atoms with Crippen molar-refractivity contribution in [3.8, 4) is 11.5 Å². The van der Waals surface area contributed by atoms with E-state index in [2.05, 4.69) is 0 Å². The van der Waals surface area contributed by atoms with Crippen LogP contribution in [0.5, 0.6) is 11.5 Å². The van der Waals surface area contributed by atoms with Crippen LogP contribution in [0.2, 0.25) is 0 Å². The molecule has 18 heteroatoms. The second kappa shape index (κ2) is 9.93. The molecule has 0 bridgehead atoms. The van der Waals surface area contributed by atoms with Crippen LogP contribution in [0.1, 0.15) is 0 Å². The molecule has 174 valence electrons. The summed E-state index contributed by atoms with van der Waals surface area (Å²) in [6.07, 6.45) is 0. The van der Waals surface area contributed by atoms with Gasteiger partial charge in [-0.3, -0.25) is 0 Å². The summed E-state index contributed by atoms with van der Waals surface area (Å²) in [5.74, 6) is 0.0365. The fraction of sp³-hybridized carbons (Fsp3) is 0.500. The number of benzene rings is 1. The third kappa shape index (κ3) is 7.07. The summed E-state index contributed by atoms with van der Waals surface area (Å²) >= 11 is 70.4. The van der Waals surface area contributed by atoms with E-state index < -0.39 is 35.8 Å². The fourth-order valence-corrected chi connectivity index (χ4v) is 6.68. The topological polar surface area (TPSA) is 46.2 Å². The number of hydrogen-bond donors (Lipinski definition) is 0. The third-order valence-electron chi connectivity index (χ3n) is 2.91. The first-order valence-electron chi connectivity index (χ1n) is 7.08. The molecule has 0 spiro atoms. The maximum atomic E-state index is 6.06. The molecule has 1 heterocycles. The molecule has 0 aromatic heterocycles. The van der Waals surface area contributed by atoms with E-state index in [-0.39, 0.29) is 11.5 Å². The zero-order valence-corrected chi connectivity index (χ0v) is 23.5. The summed E-state index contributed by atoms with van der Waals surface area (Å²) in [6.45, 7) is 0. The van der Waals surface area contributed by atoms with Gasteiger partial charge in [0.05, 0.1) is 0 Å². The molecule has 0 fully saturated rings. The number of fused-ring (bicyclic) bond motifs is 1. The molecule has 1 aliphatic heterocycles. The Morgan fingerprint density at radius 1 is 0.600 bits per heavy atom. The Bertz CT molecular complexity index is 678. The van der Waals surface area contributed by atoms with Crippen LogP contribution in [0, 0.1) is 0 Å². The Kier molecular flexibility index (Phi) is 9.55. The van der Waals surface area contributed by atoms with Gasteiger partial charge in [-0.05, 0) is 0 Å². The van der Waals surface area contributed by atoms with E-state index in [1.54, 1.807) is 12.1 Å². The summed E-state index contributed by atoms with van der Waals surface area (Å²) in [7, 11) is -5.67. The predicted molar refractivity (Wildman–Crippen MR) is 128 cm³/mol. The second-order valence-corrected chi connectivity index (χ2v) is 16.0. The Hall–Kier alpha value is 2.61. The summed E-state index contributed by atoms with van der Waals surface area (Å²) in [5.41, 5.74) is -5.56. The SMILES string of the molecule is ClC(OP1(OC(Cl)C(Cl)(Cl)Cl)(OC(Cl)C(Cl)(Cl)Cl)Oc2ccccc2O1)C(Cl)(Cl)Cl. The average Bonchev–Trinajstić information content (AvgIpc) is 2.86. The molecular weight excluding hydrogens is 681 g/mol. The van der Waals surface area contributed by atoms with E-state index in [9.17, 15) is 0 Å². The molecule has 30 heavy (non-hydrogen) atoms. The van der Waals surface area contributed by atoms with Crippen molar-refractivity contribution in [2.75, 3.05) is 0 Å². The number of alkyl halides is 12. The van der Waals surface area contributed by atoms with Gasteiger partial charge in [-0.1, -0.05) is 0 Å². The van der Waals surface area contributed by atoms with Crippen molar-refractivity contribution in [3.63, 3.8) is 0 Å². The monoisotopic (exact) mass is 682 g/mol. The van der Waals surface area contributed by atoms with Gasteiger partial charge in [0, 0.05) is 0 Å². The van der Waals surface area contributed by atoms with Gasteiger partial charge in [-0.15, -0.1) is 0 Å². The van der Waals surface area contributed by atoms with Crippen LogP contribution in [0.4, 0.5) is 0 Å². The molecule has 1 aromatic rings. The van der Waals surface area contributed by atoms with E-state index >= 15 is 0 Å². The van der Waals surface area contributed by atoms with Gasteiger partial charge >= 0.3 is 233 Å². The normalized spacial score (nSPS) is 22.6. The van der Waals surface area contributed by atoms with E-state index in [0.717, 1.165) is 0 Å². The molecule has 0 amide bonds. The van der Waals surface area contributed by atoms with Gasteiger partial charge in [-0.25, -0.2) is 0 Å². The van der Waals surface area contributed by atoms with E-state index in [4.69, 9.17) is 162 Å². The molecule has 0 radical (unpaired) electrons. The Morgan fingerprint density at radius 3 is 1.10 bits per heavy atom. The summed E-state index contributed by atoms with van der Waals surface area (Å²) < 4.78 is 21.3. The van der Waals surface area contributed by atoms with Crippen LogP contribution in [0.15, 0.2) is 24.3 Å². The van der Waals surface area contributed by atoms with E-state index in [1.807, 2.05) is 0 Å². The average molecular weight is 688 g/mol. The van der Waals surface area contributed by atoms with E-state index in [0.29, 0.717) is 0 Å². The number of hydrogen-bond acceptors (Lipinski definition) is 5. The van der Waals surface area contributed by atoms with E-state index in [1.165, 1.54) is 12.1 Å². The molecule has 0 saturated carbocycles. The van der Waals surface area contributed by atoms with Gasteiger partial charge < -0.3 is 0 Å². The molecule has 3 unspecified atom stereocenters. The molecule has 1 aromatic carbocycles. The number of rotatable bonds is 6. The molecule has 5 nitrogen and oxygen atoms in total. The zero-order chi connectivity index (χ0) is 23.2. The van der Waals surface area contributed by atoms with Crippen LogP contribution in [0.3, 0.4) is 0 Å². The Balaban J connectivity index is 2.65. The minimum absolute atomic E-state index is 0.0183. The van der Waals surface area contributed by atoms with Gasteiger partial charge in [-0.2, -0.15) is 0 Å². The molecule has 0 aliphatic carbocycles. The van der Waals surface area contributed by atoms with Crippen LogP contribution in [0.25, 0.3) is 0 Å². The van der Waals surface area contributed by atoms with Crippen LogP contribution < -0.4 is 9.05 Å². The van der Waals surface area contributed by atoms with Crippen LogP contribution in [-0.4, -0.2) is 28.1 Å². The van der Waals surface area contributed by atoms with Crippen molar-refractivity contribution in [1.29, 1.82) is 0 Å². The molecule has 1 aliphatic rings. The molecule has 0 N–H and O–H groups in total. The van der Waals surface area contributed by atoms with Gasteiger partial charge in [0.1, 0.15) is 0 Å². The number of halogens is 12. The molecule has 3 atom stereocenters. The van der Waals surface area contributed by atoms with Crippen LogP contribution in [-0.2, 0) is 13.6 Å². The first kappa shape index (κ1) is 28.8. The van der Waals surface area contributed by atoms with Gasteiger partial charge in [0.2, 0.25) is 0 Å². The first-order chi connectivity index (χ1) is 13.4. The first-order valence-corrected chi connectivity index (χ1v) is 13.6. The van der Waals surface area contributed by atoms with Crippen molar-refractivity contribution < 1.29 is 22.6 Å². The quantitative estimate of drug-likeness (QED) is 0.220. The van der Waals surface area contributed by atoms with Crippen molar-refractivity contribution in [1.82, 2.24) is 0 Å². The van der Waals surface area contributed by atoms with Gasteiger partial charge in [0.25, 0.3) is 0 Å². The number of para-hydroxylation sites is 2. The third-order valence-corrected chi connectivity index (χ3v) is 9.98. The fourth-order valence-electron chi connectivity index (χ4n) is 1.78. The van der Waals surface area contributed by atoms with Crippen molar-refractivity contribution in [2.24, 2.45) is 0 Å². The summed E-state index contributed by atoms with van der Waals surface area (Å²) in [5, 5.41) is 0. The molecule has 0 saturated heterocycles. The molecular formula is C12H7Cl12O5P. The standard InChI is InChI=1S/C12H7Cl12O5P/c13-7(10(16,17)18)27-30(28-8(14)11(19,20)21,29-9(15)12(22,23)24)25-5-3-1-2-4-6(5)26-30/h1-4,7-9H. The Morgan fingerprint density at radius 2 is 0.867 bits per heavy atom. The summed E-state index contributed by atoms with van der Waals surface area (Å²) in [4.78, 5) is 0. The zero-order valence-electron chi connectivity index (χ0n) is 13.6. The van der Waals surface area contributed by atoms with Crippen molar-refractivity contribution >= 4 is 147 Å².